The van der Waals surface area contributed by atoms with E-state index in [1.165, 1.54) is 0 Å². The third-order valence-corrected chi connectivity index (χ3v) is 3.64. The summed E-state index contributed by atoms with van der Waals surface area (Å²) in [4.78, 5) is 14.0. The van der Waals surface area contributed by atoms with Gasteiger partial charge in [0.1, 0.15) is 6.07 Å². The van der Waals surface area contributed by atoms with E-state index >= 15 is 0 Å². The lowest BCUT2D eigenvalue weighted by Crippen LogP contribution is -2.10. The Kier molecular flexibility index (Phi) is 3.40. The normalized spacial score (nSPS) is 14.4. The zero-order chi connectivity index (χ0) is 15.7. The molecule has 108 valence electrons. The molecule has 0 radical (unpaired) electrons. The van der Waals surface area contributed by atoms with Crippen LogP contribution in [0.15, 0.2) is 42.5 Å². The van der Waals surface area contributed by atoms with Crippen LogP contribution in [0.5, 0.6) is 0 Å². The van der Waals surface area contributed by atoms with Gasteiger partial charge in [0, 0.05) is 30.9 Å². The number of nitriles is 1. The van der Waals surface area contributed by atoms with E-state index in [1.807, 2.05) is 61.5 Å². The molecular formula is C18H15N3O. The lowest BCUT2D eigenvalue weighted by Gasteiger charge is -2.14. The largest absolute Gasteiger partial charge is 0.377 e. The Bertz CT molecular complexity index is 828. The van der Waals surface area contributed by atoms with Gasteiger partial charge in [-0.05, 0) is 29.8 Å². The summed E-state index contributed by atoms with van der Waals surface area (Å²) in [6.07, 6.45) is 1.82. The maximum Gasteiger partial charge on any atom is 0.256 e. The quantitative estimate of drug-likeness (QED) is 0.864. The fourth-order valence-electron chi connectivity index (χ4n) is 2.57. The molecule has 1 N–H and O–H groups in total. The number of amides is 1. The second-order valence-electron chi connectivity index (χ2n) is 5.34. The number of nitrogens with one attached hydrogen (secondary N) is 1. The van der Waals surface area contributed by atoms with Crippen LogP contribution in [0, 0.1) is 11.3 Å². The number of carbonyl (C=O) groups excluding carboxylic acids is 1. The summed E-state index contributed by atoms with van der Waals surface area (Å²) in [6, 6.07) is 15.4. The molecule has 22 heavy (non-hydrogen) atoms. The summed E-state index contributed by atoms with van der Waals surface area (Å²) in [7, 11) is 3.80. The fraction of sp³-hybridized carbons (Fsp3) is 0.111. The summed E-state index contributed by atoms with van der Waals surface area (Å²) >= 11 is 0. The van der Waals surface area contributed by atoms with Crippen molar-refractivity contribution in [2.24, 2.45) is 0 Å². The Balaban J connectivity index is 2.07. The van der Waals surface area contributed by atoms with Crippen LogP contribution in [-0.2, 0) is 4.79 Å². The summed E-state index contributed by atoms with van der Waals surface area (Å²) in [5, 5.41) is 12.1. The summed E-state index contributed by atoms with van der Waals surface area (Å²) in [5.41, 5.74) is 4.62. The van der Waals surface area contributed by atoms with Gasteiger partial charge in [-0.2, -0.15) is 5.26 Å². The third kappa shape index (κ3) is 2.33. The molecule has 0 spiro atoms. The molecule has 0 saturated heterocycles. The second-order valence-corrected chi connectivity index (χ2v) is 5.34. The van der Waals surface area contributed by atoms with E-state index in [0.717, 1.165) is 22.5 Å². The van der Waals surface area contributed by atoms with Gasteiger partial charge in [0.05, 0.1) is 11.3 Å². The molecule has 1 aliphatic heterocycles. The van der Waals surface area contributed by atoms with Crippen LogP contribution in [0.3, 0.4) is 0 Å². The van der Waals surface area contributed by atoms with Crippen LogP contribution in [0.2, 0.25) is 0 Å². The molecule has 4 heteroatoms. The van der Waals surface area contributed by atoms with E-state index in [1.54, 1.807) is 6.07 Å². The van der Waals surface area contributed by atoms with Crippen LogP contribution < -0.4 is 10.2 Å². The van der Waals surface area contributed by atoms with Crippen molar-refractivity contribution in [1.29, 1.82) is 5.26 Å². The molecule has 0 aliphatic carbocycles. The highest BCUT2D eigenvalue weighted by atomic mass is 16.2. The van der Waals surface area contributed by atoms with E-state index in [9.17, 15) is 10.1 Å². The van der Waals surface area contributed by atoms with Crippen molar-refractivity contribution in [3.63, 3.8) is 0 Å². The summed E-state index contributed by atoms with van der Waals surface area (Å²) < 4.78 is 0. The monoisotopic (exact) mass is 289 g/mol. The number of rotatable bonds is 2. The highest BCUT2D eigenvalue weighted by molar-refractivity contribution is 6.34. The average Bonchev–Trinajstić information content (AvgIpc) is 2.83. The number of carbonyl (C=O) groups is 1. The first-order valence-electron chi connectivity index (χ1n) is 6.94. The molecule has 1 heterocycles. The SMILES string of the molecule is CN(C)c1ccc(/C=C2/C(=O)Nc3ccccc32)cc1C#N. The highest BCUT2D eigenvalue weighted by Crippen LogP contribution is 2.33. The lowest BCUT2D eigenvalue weighted by atomic mass is 10.0. The molecule has 2 aromatic rings. The number of nitrogens with zero attached hydrogens (tertiary/aromatic N) is 2. The van der Waals surface area contributed by atoms with Crippen LogP contribution >= 0.6 is 0 Å². The molecule has 3 rings (SSSR count). The van der Waals surface area contributed by atoms with Gasteiger partial charge in [0.25, 0.3) is 5.91 Å². The van der Waals surface area contributed by atoms with Crippen molar-refractivity contribution in [3.8, 4) is 6.07 Å². The van der Waals surface area contributed by atoms with Gasteiger partial charge in [0.2, 0.25) is 0 Å². The molecule has 0 saturated carbocycles. The Morgan fingerprint density at radius 1 is 1.18 bits per heavy atom. The van der Waals surface area contributed by atoms with Crippen LogP contribution in [-0.4, -0.2) is 20.0 Å². The molecule has 0 fully saturated rings. The first kappa shape index (κ1) is 13.9. The summed E-state index contributed by atoms with van der Waals surface area (Å²) in [6.45, 7) is 0. The van der Waals surface area contributed by atoms with Gasteiger partial charge in [0.15, 0.2) is 0 Å². The maximum atomic E-state index is 12.1. The predicted octanol–water partition coefficient (Wildman–Crippen LogP) is 3.12. The molecule has 1 amide bonds. The Hall–Kier alpha value is -3.06. The molecule has 4 nitrogen and oxygen atoms in total. The molecule has 0 aromatic heterocycles. The zero-order valence-corrected chi connectivity index (χ0v) is 12.4. The van der Waals surface area contributed by atoms with E-state index in [2.05, 4.69) is 11.4 Å². The van der Waals surface area contributed by atoms with Gasteiger partial charge in [-0.15, -0.1) is 0 Å². The molecule has 0 bridgehead atoms. The zero-order valence-electron chi connectivity index (χ0n) is 12.4. The number of benzene rings is 2. The van der Waals surface area contributed by atoms with E-state index in [4.69, 9.17) is 0 Å². The molecule has 0 atom stereocenters. The van der Waals surface area contributed by atoms with Crippen molar-refractivity contribution in [2.45, 2.75) is 0 Å². The van der Waals surface area contributed by atoms with Crippen LogP contribution in [0.1, 0.15) is 16.7 Å². The van der Waals surface area contributed by atoms with Crippen molar-refractivity contribution in [3.05, 3.63) is 59.2 Å². The molecule has 0 unspecified atom stereocenters. The first-order chi connectivity index (χ1) is 10.6. The fourth-order valence-corrected chi connectivity index (χ4v) is 2.57. The minimum Gasteiger partial charge on any atom is -0.377 e. The highest BCUT2D eigenvalue weighted by Gasteiger charge is 2.23. The smallest absolute Gasteiger partial charge is 0.256 e. The van der Waals surface area contributed by atoms with Crippen molar-refractivity contribution in [2.75, 3.05) is 24.3 Å². The maximum absolute atomic E-state index is 12.1. The Labute approximate surface area is 129 Å². The van der Waals surface area contributed by atoms with Gasteiger partial charge in [-0.25, -0.2) is 0 Å². The predicted molar refractivity (Wildman–Crippen MR) is 88.4 cm³/mol. The van der Waals surface area contributed by atoms with Crippen molar-refractivity contribution in [1.82, 2.24) is 0 Å². The lowest BCUT2D eigenvalue weighted by molar-refractivity contribution is -0.110. The van der Waals surface area contributed by atoms with Crippen LogP contribution in [0.4, 0.5) is 11.4 Å². The van der Waals surface area contributed by atoms with E-state index < -0.39 is 0 Å². The number of anilines is 2. The minimum atomic E-state index is -0.114. The minimum absolute atomic E-state index is 0.114. The molecular weight excluding hydrogens is 274 g/mol. The average molecular weight is 289 g/mol. The number of fused-ring (bicyclic) bond motifs is 1. The molecule has 1 aliphatic rings. The van der Waals surface area contributed by atoms with Gasteiger partial charge in [-0.3, -0.25) is 4.79 Å². The van der Waals surface area contributed by atoms with E-state index in [-0.39, 0.29) is 5.91 Å². The molecule has 2 aromatic carbocycles. The second kappa shape index (κ2) is 5.38. The standard InChI is InChI=1S/C18H15N3O/c1-21(2)17-8-7-12(9-13(17)11-19)10-15-14-5-3-4-6-16(14)20-18(15)22/h3-10H,1-2H3,(H,20,22)/b15-10+. The number of para-hydroxylation sites is 1. The van der Waals surface area contributed by atoms with Crippen molar-refractivity contribution >= 4 is 28.9 Å². The van der Waals surface area contributed by atoms with Crippen LogP contribution in [0.25, 0.3) is 11.6 Å². The van der Waals surface area contributed by atoms with Crippen molar-refractivity contribution < 1.29 is 4.79 Å². The Morgan fingerprint density at radius 3 is 2.68 bits per heavy atom. The van der Waals surface area contributed by atoms with E-state index in [0.29, 0.717) is 11.1 Å². The number of hydrogen-bond donors (Lipinski definition) is 1. The first-order valence-corrected chi connectivity index (χ1v) is 6.94. The van der Waals surface area contributed by atoms with Gasteiger partial charge < -0.3 is 10.2 Å². The summed E-state index contributed by atoms with van der Waals surface area (Å²) in [5.74, 6) is -0.114. The number of hydrogen-bond acceptors (Lipinski definition) is 3. The van der Waals surface area contributed by atoms with Gasteiger partial charge >= 0.3 is 0 Å². The third-order valence-electron chi connectivity index (χ3n) is 3.64. The topological polar surface area (TPSA) is 56.1 Å². The Morgan fingerprint density at radius 2 is 1.95 bits per heavy atom. The van der Waals surface area contributed by atoms with Gasteiger partial charge in [-0.1, -0.05) is 24.3 Å².